The SMILES string of the molecule is CC(=O)O[C@@H]1[C@@H](OC(C)=O)[C@H](O[C@H]2[C@H](OC(C)=O)[C@@H](OC(C)=O)[C@H](O[C@H]3CC[C@@]4(C)[C@@H](CC[C@@H]5[C@@H]4C(=O)C[C@]4(C)C6C(C[C@@H]54)O[C@]4(CC[C@@H](C)CO4)[C@H]6C)C3)O[C@@H]2CI)O[C@H](CI)[C@H]1OC(C)=O. The third kappa shape index (κ3) is 9.88. The van der Waals surface area contributed by atoms with Gasteiger partial charge in [0, 0.05) is 68.2 Å². The van der Waals surface area contributed by atoms with Gasteiger partial charge in [0.1, 0.15) is 18.0 Å². The molecule has 19 heteroatoms. The monoisotopic (exact) mass is 1180 g/mol. The first kappa shape index (κ1) is 52.6. The first-order valence-corrected chi connectivity index (χ1v) is 27.6. The zero-order valence-corrected chi connectivity index (χ0v) is 45.0. The Hall–Kier alpha value is -1.76. The third-order valence-electron chi connectivity index (χ3n) is 17.2. The van der Waals surface area contributed by atoms with E-state index < -0.39 is 97.0 Å². The number of alkyl halides is 2. The number of hydrogen-bond donors (Lipinski definition) is 0. The molecular weight excluding hydrogens is 1110 g/mol. The summed E-state index contributed by atoms with van der Waals surface area (Å²) in [6.07, 6.45) is -5.00. The number of hydrogen-bond acceptors (Lipinski definition) is 17. The van der Waals surface area contributed by atoms with Gasteiger partial charge in [0.05, 0.1) is 24.9 Å². The van der Waals surface area contributed by atoms with Gasteiger partial charge in [-0.25, -0.2) is 0 Å². The zero-order chi connectivity index (χ0) is 49.2. The van der Waals surface area contributed by atoms with Gasteiger partial charge in [-0.15, -0.1) is 0 Å². The normalized spacial score (nSPS) is 47.4. The maximum atomic E-state index is 14.8. The van der Waals surface area contributed by atoms with Crippen LogP contribution in [0.2, 0.25) is 0 Å². The summed E-state index contributed by atoms with van der Waals surface area (Å²) in [4.78, 5) is 77.9. The molecule has 17 nitrogen and oxygen atoms in total. The average molecular weight is 1180 g/mol. The minimum atomic E-state index is -1.47. The molecule has 4 heterocycles. The van der Waals surface area contributed by atoms with Crippen molar-refractivity contribution in [1.29, 1.82) is 0 Å². The van der Waals surface area contributed by atoms with Crippen LogP contribution in [-0.2, 0) is 80.9 Å². The van der Waals surface area contributed by atoms with Crippen LogP contribution in [0.3, 0.4) is 0 Å². The number of Topliss-reactive ketones (excluding diaryl/α,β-unsaturated/α-hetero) is 1. The molecule has 0 aromatic carbocycles. The molecule has 382 valence electrons. The lowest BCUT2D eigenvalue weighted by Gasteiger charge is -2.60. The van der Waals surface area contributed by atoms with Gasteiger partial charge in [0.2, 0.25) is 0 Å². The lowest BCUT2D eigenvalue weighted by atomic mass is 9.44. The van der Waals surface area contributed by atoms with Gasteiger partial charge >= 0.3 is 29.8 Å². The molecule has 8 rings (SSSR count). The smallest absolute Gasteiger partial charge is 0.303 e. The Labute approximate surface area is 426 Å². The number of fused-ring (bicyclic) bond motifs is 7. The molecule has 4 aliphatic carbocycles. The topological polar surface area (TPSA) is 204 Å². The van der Waals surface area contributed by atoms with Gasteiger partial charge in [0.25, 0.3) is 0 Å². The molecule has 4 saturated carbocycles. The fourth-order valence-corrected chi connectivity index (χ4v) is 15.9. The van der Waals surface area contributed by atoms with E-state index in [1.165, 1.54) is 27.7 Å². The summed E-state index contributed by atoms with van der Waals surface area (Å²) in [5, 5.41) is 0. The highest BCUT2D eigenvalue weighted by Crippen LogP contribution is 2.70. The first-order valence-electron chi connectivity index (χ1n) is 24.6. The Morgan fingerprint density at radius 2 is 1.19 bits per heavy atom. The van der Waals surface area contributed by atoms with E-state index >= 15 is 0 Å². The molecule has 0 amide bonds. The molecule has 1 spiro atoms. The summed E-state index contributed by atoms with van der Waals surface area (Å²) >= 11 is 4.14. The summed E-state index contributed by atoms with van der Waals surface area (Å²) < 4.78 is 69.2. The molecule has 8 fully saturated rings. The minimum Gasteiger partial charge on any atom is -0.456 e. The van der Waals surface area contributed by atoms with Crippen LogP contribution in [-0.4, -0.2) is 130 Å². The zero-order valence-electron chi connectivity index (χ0n) is 40.7. The second-order valence-corrected chi connectivity index (χ2v) is 23.3. The Kier molecular flexibility index (Phi) is 15.9. The van der Waals surface area contributed by atoms with E-state index in [2.05, 4.69) is 50.3 Å². The Morgan fingerprint density at radius 1 is 0.647 bits per heavy atom. The van der Waals surface area contributed by atoms with Crippen molar-refractivity contribution < 1.29 is 80.9 Å². The largest absolute Gasteiger partial charge is 0.456 e. The summed E-state index contributed by atoms with van der Waals surface area (Å²) in [5.74, 6) is -1.89. The third-order valence-corrected chi connectivity index (χ3v) is 18.9. The van der Waals surface area contributed by atoms with Crippen molar-refractivity contribution in [3.8, 4) is 0 Å². The minimum absolute atomic E-state index is 0.0566. The molecule has 22 atom stereocenters. The number of ether oxygens (including phenoxy) is 11. The second kappa shape index (κ2) is 20.6. The number of carbonyl (C=O) groups excluding carboxylic acids is 6. The van der Waals surface area contributed by atoms with Gasteiger partial charge in [-0.3, -0.25) is 28.8 Å². The summed E-state index contributed by atoms with van der Waals surface area (Å²) in [7, 11) is 0. The van der Waals surface area contributed by atoms with E-state index in [0.717, 1.165) is 45.4 Å². The van der Waals surface area contributed by atoms with Gasteiger partial charge < -0.3 is 52.1 Å². The predicted octanol–water partition coefficient (Wildman–Crippen LogP) is 6.36. The number of halogens is 2. The van der Waals surface area contributed by atoms with Crippen LogP contribution in [0.15, 0.2) is 0 Å². The highest BCUT2D eigenvalue weighted by molar-refractivity contribution is 14.1. The summed E-state index contributed by atoms with van der Waals surface area (Å²) in [5.41, 5.74) is -0.367. The van der Waals surface area contributed by atoms with Gasteiger partial charge in [-0.05, 0) is 85.4 Å². The first-order chi connectivity index (χ1) is 32.1. The van der Waals surface area contributed by atoms with E-state index in [1.54, 1.807) is 0 Å². The maximum Gasteiger partial charge on any atom is 0.303 e. The molecule has 0 aromatic heterocycles. The van der Waals surface area contributed by atoms with Crippen molar-refractivity contribution in [1.82, 2.24) is 0 Å². The summed E-state index contributed by atoms with van der Waals surface area (Å²) in [6.45, 7) is 15.9. The van der Waals surface area contributed by atoms with Gasteiger partial charge in [0.15, 0.2) is 48.9 Å². The molecule has 0 N–H and O–H groups in total. The lowest BCUT2D eigenvalue weighted by molar-refractivity contribution is -0.357. The van der Waals surface area contributed by atoms with Crippen LogP contribution in [0, 0.1) is 52.3 Å². The highest BCUT2D eigenvalue weighted by atomic mass is 127. The van der Waals surface area contributed by atoms with Crippen molar-refractivity contribution in [2.24, 2.45) is 52.3 Å². The fourth-order valence-electron chi connectivity index (χ4n) is 14.5. The number of rotatable bonds is 11. The molecule has 0 radical (unpaired) electrons. The number of esters is 5. The van der Waals surface area contributed by atoms with E-state index in [1.807, 2.05) is 22.6 Å². The second-order valence-electron chi connectivity index (χ2n) is 21.5. The van der Waals surface area contributed by atoms with E-state index in [-0.39, 0.29) is 61.5 Å². The van der Waals surface area contributed by atoms with Crippen LogP contribution in [0.5, 0.6) is 0 Å². The van der Waals surface area contributed by atoms with Crippen LogP contribution in [0.4, 0.5) is 0 Å². The number of ketones is 1. The fraction of sp³-hybridized carbons (Fsp3) is 0.878. The molecule has 4 saturated heterocycles. The van der Waals surface area contributed by atoms with Crippen molar-refractivity contribution in [3.05, 3.63) is 0 Å². The Bertz CT molecular complexity index is 1930. The number of carbonyl (C=O) groups is 6. The van der Waals surface area contributed by atoms with E-state index in [0.29, 0.717) is 43.5 Å². The van der Waals surface area contributed by atoms with Crippen LogP contribution < -0.4 is 0 Å². The van der Waals surface area contributed by atoms with Gasteiger partial charge in [-0.1, -0.05) is 72.9 Å². The molecule has 0 bridgehead atoms. The predicted molar refractivity (Wildman–Crippen MR) is 255 cm³/mol. The quantitative estimate of drug-likeness (QED) is 0.0726. The molecular formula is C49H70I2O17. The van der Waals surface area contributed by atoms with Crippen LogP contribution in [0.25, 0.3) is 0 Å². The summed E-state index contributed by atoms with van der Waals surface area (Å²) in [6, 6.07) is 0. The maximum absolute atomic E-state index is 14.8. The van der Waals surface area contributed by atoms with E-state index in [4.69, 9.17) is 52.1 Å². The molecule has 4 aliphatic heterocycles. The van der Waals surface area contributed by atoms with Crippen molar-refractivity contribution in [2.75, 3.05) is 15.5 Å². The molecule has 68 heavy (non-hydrogen) atoms. The molecule has 8 aliphatic rings. The molecule has 0 aromatic rings. The van der Waals surface area contributed by atoms with Crippen LogP contribution in [0.1, 0.15) is 120 Å². The van der Waals surface area contributed by atoms with Crippen molar-refractivity contribution >= 4 is 80.8 Å². The highest BCUT2D eigenvalue weighted by Gasteiger charge is 2.71. The molecule has 2 unspecified atom stereocenters. The standard InChI is InChI=1S/C49H70I2O17/c1-22-12-15-49(58-21-22)23(2)37-34(68-49)17-32-31-11-10-29-16-30(13-14-47(29,8)38(31)33(57)18-48(32,37)9)64-45-43(62-27(6)55)42(61-26(5)54)40(36(20-51)65-45)67-46-44(63-28(7)56)41(60-25(4)53)39(59-24(3)52)35(19-50)66-46/h22-23,29-32,34-46H,10-21H2,1-9H3/t22-,23+,29+,30+,31+,32+,34?,35-,36-,37?,38-,39-,40-,41+,42+,43-,44-,45-,46+,47+,48+,49-/m1/s1. The van der Waals surface area contributed by atoms with E-state index in [9.17, 15) is 28.8 Å². The van der Waals surface area contributed by atoms with Gasteiger partial charge in [-0.2, -0.15) is 0 Å². The Morgan fingerprint density at radius 3 is 1.75 bits per heavy atom. The van der Waals surface area contributed by atoms with Crippen molar-refractivity contribution in [3.63, 3.8) is 0 Å². The van der Waals surface area contributed by atoms with Crippen molar-refractivity contribution in [2.45, 2.75) is 200 Å². The lowest BCUT2D eigenvalue weighted by Crippen LogP contribution is -2.67. The van der Waals surface area contributed by atoms with Crippen LogP contribution >= 0.6 is 45.2 Å². The average Bonchev–Trinajstić information content (AvgIpc) is 3.70. The Balaban J connectivity index is 1.00.